The molecule has 21 heavy (non-hydrogen) atoms. The molecule has 2 aromatic carbocycles. The molecule has 112 valence electrons. The minimum Gasteiger partial charge on any atom is -0.269 e. The highest BCUT2D eigenvalue weighted by Crippen LogP contribution is 2.32. The van der Waals surface area contributed by atoms with Crippen LogP contribution >= 0.6 is 46.4 Å². The normalized spacial score (nSPS) is 11.5. The van der Waals surface area contributed by atoms with Crippen LogP contribution in [0, 0.1) is 0 Å². The Morgan fingerprint density at radius 2 is 1.43 bits per heavy atom. The third kappa shape index (κ3) is 3.58. The minimum atomic E-state index is -3.88. The number of halogens is 4. The molecule has 0 fully saturated rings. The number of hydrogen-bond acceptors (Lipinski definition) is 2. The highest BCUT2D eigenvalue weighted by molar-refractivity contribution is 7.93. The molecule has 2 aromatic rings. The average molecular weight is 385 g/mol. The van der Waals surface area contributed by atoms with Crippen molar-refractivity contribution in [3.05, 3.63) is 56.5 Å². The maximum atomic E-state index is 12.6. The molecule has 0 aliphatic heterocycles. The van der Waals surface area contributed by atoms with Gasteiger partial charge in [-0.1, -0.05) is 46.4 Å². The Balaban J connectivity index is 2.55. The first kappa shape index (κ1) is 16.7. The molecule has 0 heterocycles. The van der Waals surface area contributed by atoms with Gasteiger partial charge in [-0.25, -0.2) is 8.42 Å². The summed E-state index contributed by atoms with van der Waals surface area (Å²) in [6.45, 7) is 0. The summed E-state index contributed by atoms with van der Waals surface area (Å²) in [5.74, 6) is 0. The second-order valence-corrected chi connectivity index (χ2v) is 7.83. The van der Waals surface area contributed by atoms with Crippen LogP contribution in [0.15, 0.2) is 41.3 Å². The van der Waals surface area contributed by atoms with Crippen molar-refractivity contribution in [2.75, 3.05) is 11.4 Å². The molecule has 0 saturated heterocycles. The zero-order valence-corrected chi connectivity index (χ0v) is 14.5. The molecule has 2 rings (SSSR count). The van der Waals surface area contributed by atoms with Gasteiger partial charge in [0.15, 0.2) is 0 Å². The Kier molecular flexibility index (Phi) is 4.96. The molecule has 0 unspecified atom stereocenters. The minimum absolute atomic E-state index is 0.0828. The molecule has 0 aliphatic rings. The van der Waals surface area contributed by atoms with Crippen molar-refractivity contribution in [2.45, 2.75) is 4.90 Å². The number of anilines is 1. The summed E-state index contributed by atoms with van der Waals surface area (Å²) < 4.78 is 26.3. The van der Waals surface area contributed by atoms with Crippen LogP contribution in [-0.4, -0.2) is 15.5 Å². The van der Waals surface area contributed by atoms with E-state index in [2.05, 4.69) is 0 Å². The largest absolute Gasteiger partial charge is 0.269 e. The van der Waals surface area contributed by atoms with E-state index in [1.165, 1.54) is 43.4 Å². The van der Waals surface area contributed by atoms with Crippen LogP contribution < -0.4 is 4.31 Å². The highest BCUT2D eigenvalue weighted by Gasteiger charge is 2.25. The second kappa shape index (κ2) is 6.23. The van der Waals surface area contributed by atoms with E-state index in [-0.39, 0.29) is 14.9 Å². The number of nitrogens with zero attached hydrogens (tertiary/aromatic N) is 1. The predicted molar refractivity (Wildman–Crippen MR) is 88.5 cm³/mol. The highest BCUT2D eigenvalue weighted by atomic mass is 35.5. The van der Waals surface area contributed by atoms with Gasteiger partial charge in [0.05, 0.1) is 10.7 Å². The Labute approximate surface area is 143 Å². The lowest BCUT2D eigenvalue weighted by Crippen LogP contribution is -2.26. The molecule has 0 bridgehead atoms. The molecule has 0 aromatic heterocycles. The van der Waals surface area contributed by atoms with Gasteiger partial charge in [0.1, 0.15) is 4.90 Å². The van der Waals surface area contributed by atoms with Crippen LogP contribution in [0.3, 0.4) is 0 Å². The van der Waals surface area contributed by atoms with Gasteiger partial charge in [-0.3, -0.25) is 4.31 Å². The van der Waals surface area contributed by atoms with Crippen molar-refractivity contribution in [3.63, 3.8) is 0 Å². The molecule has 0 radical (unpaired) electrons. The summed E-state index contributed by atoms with van der Waals surface area (Å²) in [4.78, 5) is -0.0877. The Morgan fingerprint density at radius 1 is 0.857 bits per heavy atom. The fourth-order valence-electron chi connectivity index (χ4n) is 1.68. The van der Waals surface area contributed by atoms with Gasteiger partial charge in [-0.2, -0.15) is 0 Å². The summed E-state index contributed by atoms with van der Waals surface area (Å²) in [6, 6.07) is 8.73. The molecule has 0 amide bonds. The molecule has 0 atom stereocenters. The first-order chi connectivity index (χ1) is 9.71. The van der Waals surface area contributed by atoms with Gasteiger partial charge in [0, 0.05) is 22.1 Å². The van der Waals surface area contributed by atoms with Crippen molar-refractivity contribution in [1.82, 2.24) is 0 Å². The molecular formula is C13H9Cl4NO2S. The number of rotatable bonds is 3. The molecule has 0 N–H and O–H groups in total. The Hall–Kier alpha value is -0.650. The second-order valence-electron chi connectivity index (χ2n) is 4.17. The Morgan fingerprint density at radius 3 is 2.00 bits per heavy atom. The van der Waals surface area contributed by atoms with E-state index in [4.69, 9.17) is 46.4 Å². The summed E-state index contributed by atoms with van der Waals surface area (Å²) in [7, 11) is -2.50. The van der Waals surface area contributed by atoms with Crippen molar-refractivity contribution in [3.8, 4) is 0 Å². The molecule has 0 spiro atoms. The van der Waals surface area contributed by atoms with E-state index < -0.39 is 10.0 Å². The zero-order chi connectivity index (χ0) is 15.8. The van der Waals surface area contributed by atoms with Gasteiger partial charge >= 0.3 is 0 Å². The smallest absolute Gasteiger partial charge is 0.265 e. The molecule has 0 saturated carbocycles. The lowest BCUT2D eigenvalue weighted by Gasteiger charge is -2.20. The first-order valence-electron chi connectivity index (χ1n) is 5.62. The zero-order valence-electron chi connectivity index (χ0n) is 10.6. The molecule has 0 aliphatic carbocycles. The van der Waals surface area contributed by atoms with E-state index >= 15 is 0 Å². The van der Waals surface area contributed by atoms with E-state index in [1.54, 1.807) is 0 Å². The maximum Gasteiger partial charge on any atom is 0.265 e. The Bertz CT molecular complexity index is 773. The third-order valence-corrected chi connectivity index (χ3v) is 5.68. The fourth-order valence-corrected chi connectivity index (χ4v) is 4.11. The van der Waals surface area contributed by atoms with Gasteiger partial charge in [-0.15, -0.1) is 0 Å². The van der Waals surface area contributed by atoms with Gasteiger partial charge in [0.2, 0.25) is 0 Å². The lowest BCUT2D eigenvalue weighted by atomic mass is 10.3. The standard InChI is InChI=1S/C13H9Cl4NO2S/c1-18(11-5-9(15)4-10(16)6-11)21(19,20)13-7-8(14)2-3-12(13)17/h2-7H,1H3. The van der Waals surface area contributed by atoms with Crippen LogP contribution in [0.1, 0.15) is 0 Å². The van der Waals surface area contributed by atoms with E-state index in [9.17, 15) is 8.42 Å². The summed E-state index contributed by atoms with van der Waals surface area (Å²) in [5.41, 5.74) is 0.323. The topological polar surface area (TPSA) is 37.4 Å². The molecular weight excluding hydrogens is 376 g/mol. The van der Waals surface area contributed by atoms with Crippen LogP contribution in [0.2, 0.25) is 20.1 Å². The van der Waals surface area contributed by atoms with Crippen LogP contribution in [0.4, 0.5) is 5.69 Å². The van der Waals surface area contributed by atoms with E-state index in [0.29, 0.717) is 15.7 Å². The monoisotopic (exact) mass is 383 g/mol. The van der Waals surface area contributed by atoms with Crippen molar-refractivity contribution >= 4 is 62.1 Å². The van der Waals surface area contributed by atoms with Crippen LogP contribution in [-0.2, 0) is 10.0 Å². The van der Waals surface area contributed by atoms with E-state index in [0.717, 1.165) is 4.31 Å². The van der Waals surface area contributed by atoms with E-state index in [1.807, 2.05) is 0 Å². The van der Waals surface area contributed by atoms with Crippen molar-refractivity contribution < 1.29 is 8.42 Å². The summed E-state index contributed by atoms with van der Waals surface area (Å²) in [6.07, 6.45) is 0. The summed E-state index contributed by atoms with van der Waals surface area (Å²) >= 11 is 23.6. The fraction of sp³-hybridized carbons (Fsp3) is 0.0769. The number of benzene rings is 2. The van der Waals surface area contributed by atoms with Crippen LogP contribution in [0.25, 0.3) is 0 Å². The van der Waals surface area contributed by atoms with Gasteiger partial charge < -0.3 is 0 Å². The molecule has 8 heteroatoms. The average Bonchev–Trinajstić information content (AvgIpc) is 2.39. The van der Waals surface area contributed by atoms with Gasteiger partial charge in [-0.05, 0) is 36.4 Å². The quantitative estimate of drug-likeness (QED) is 0.735. The number of hydrogen-bond donors (Lipinski definition) is 0. The third-order valence-electron chi connectivity index (χ3n) is 2.74. The molecule has 3 nitrogen and oxygen atoms in total. The van der Waals surface area contributed by atoms with Crippen molar-refractivity contribution in [1.29, 1.82) is 0 Å². The SMILES string of the molecule is CN(c1cc(Cl)cc(Cl)c1)S(=O)(=O)c1cc(Cl)ccc1Cl. The lowest BCUT2D eigenvalue weighted by molar-refractivity contribution is 0.594. The van der Waals surface area contributed by atoms with Crippen molar-refractivity contribution in [2.24, 2.45) is 0 Å². The van der Waals surface area contributed by atoms with Crippen LogP contribution in [0.5, 0.6) is 0 Å². The first-order valence-corrected chi connectivity index (χ1v) is 8.57. The maximum absolute atomic E-state index is 12.6. The predicted octanol–water partition coefficient (Wildman–Crippen LogP) is 5.13. The summed E-state index contributed by atoms with van der Waals surface area (Å²) in [5, 5.41) is 1.02. The van der Waals surface area contributed by atoms with Gasteiger partial charge in [0.25, 0.3) is 10.0 Å². The number of sulfonamides is 1.